The van der Waals surface area contributed by atoms with Gasteiger partial charge in [0.15, 0.2) is 5.78 Å². The van der Waals surface area contributed by atoms with Gasteiger partial charge in [0.2, 0.25) is 0 Å². The average Bonchev–Trinajstić information content (AvgIpc) is 3.34. The summed E-state index contributed by atoms with van der Waals surface area (Å²) in [4.78, 5) is 19.3. The molecular weight excluding hydrogens is 424 g/mol. The van der Waals surface area contributed by atoms with E-state index in [1.54, 1.807) is 16.0 Å². The van der Waals surface area contributed by atoms with Gasteiger partial charge in [-0.1, -0.05) is 48.5 Å². The van der Waals surface area contributed by atoms with Crippen LogP contribution in [0.5, 0.6) is 0 Å². The predicted molar refractivity (Wildman–Crippen MR) is 137 cm³/mol. The Labute approximate surface area is 199 Å². The number of hydrogen-bond donors (Lipinski definition) is 0. The molecule has 0 amide bonds. The van der Waals surface area contributed by atoms with Gasteiger partial charge in [0, 0.05) is 45.5 Å². The quantitative estimate of drug-likeness (QED) is 0.340. The van der Waals surface area contributed by atoms with E-state index in [4.69, 9.17) is 0 Å². The minimum atomic E-state index is 0.171. The first-order valence-electron chi connectivity index (χ1n) is 12.1. The molecule has 0 saturated carbocycles. The zero-order chi connectivity index (χ0) is 22.5. The number of thiophene rings is 1. The molecule has 6 rings (SSSR count). The standard InChI is InChI=1S/C29H30N2OS/c1-19-27(23-13-6-8-14-24(23)30(19)2)25(32)18-31-17-16-22-21-12-7-9-15-26(21)33-29(22)28(31)20-10-4-3-5-11-20/h3-6,8,10-11,13-14,28H,7,9,12,15-18H2,1-2H3/t28-/m1/s1. The molecule has 3 nitrogen and oxygen atoms in total. The molecule has 0 saturated heterocycles. The van der Waals surface area contributed by atoms with Crippen LogP contribution >= 0.6 is 11.3 Å². The van der Waals surface area contributed by atoms with E-state index in [1.807, 2.05) is 23.5 Å². The highest BCUT2D eigenvalue weighted by Gasteiger charge is 2.35. The van der Waals surface area contributed by atoms with Crippen LogP contribution in [-0.4, -0.2) is 28.3 Å². The van der Waals surface area contributed by atoms with E-state index < -0.39 is 0 Å². The predicted octanol–water partition coefficient (Wildman–Crippen LogP) is 6.26. The van der Waals surface area contributed by atoms with E-state index in [1.165, 1.54) is 36.1 Å². The van der Waals surface area contributed by atoms with Gasteiger partial charge >= 0.3 is 0 Å². The summed E-state index contributed by atoms with van der Waals surface area (Å²) in [6.45, 7) is 3.46. The summed E-state index contributed by atoms with van der Waals surface area (Å²) < 4.78 is 2.15. The Hall–Kier alpha value is -2.69. The van der Waals surface area contributed by atoms with Crippen LogP contribution in [0.4, 0.5) is 0 Å². The maximum atomic E-state index is 13.8. The minimum absolute atomic E-state index is 0.171. The second-order valence-corrected chi connectivity index (χ2v) is 10.7. The summed E-state index contributed by atoms with van der Waals surface area (Å²) in [6, 6.07) is 19.3. The number of rotatable bonds is 4. The molecule has 0 bridgehead atoms. The molecule has 0 fully saturated rings. The highest BCUT2D eigenvalue weighted by molar-refractivity contribution is 7.12. The maximum Gasteiger partial charge on any atom is 0.179 e. The van der Waals surface area contributed by atoms with Crippen molar-refractivity contribution in [2.45, 2.75) is 45.1 Å². The van der Waals surface area contributed by atoms with Gasteiger partial charge in [-0.3, -0.25) is 9.69 Å². The van der Waals surface area contributed by atoms with Crippen molar-refractivity contribution < 1.29 is 4.79 Å². The van der Waals surface area contributed by atoms with E-state index >= 15 is 0 Å². The van der Waals surface area contributed by atoms with E-state index in [0.717, 1.165) is 35.1 Å². The van der Waals surface area contributed by atoms with Gasteiger partial charge in [-0.2, -0.15) is 0 Å². The summed E-state index contributed by atoms with van der Waals surface area (Å²) >= 11 is 2.02. The molecule has 0 N–H and O–H groups in total. The zero-order valence-corrected chi connectivity index (χ0v) is 20.3. The summed E-state index contributed by atoms with van der Waals surface area (Å²) in [6.07, 6.45) is 6.14. The molecule has 4 aromatic rings. The van der Waals surface area contributed by atoms with Crippen molar-refractivity contribution in [1.29, 1.82) is 0 Å². The first kappa shape index (κ1) is 20.9. The van der Waals surface area contributed by atoms with Gasteiger partial charge in [-0.15, -0.1) is 11.3 Å². The smallest absolute Gasteiger partial charge is 0.179 e. The Bertz CT molecular complexity index is 1350. The van der Waals surface area contributed by atoms with Crippen molar-refractivity contribution in [3.05, 3.63) is 92.3 Å². The third kappa shape index (κ3) is 3.39. The Morgan fingerprint density at radius 2 is 1.73 bits per heavy atom. The molecular formula is C29H30N2OS. The van der Waals surface area contributed by atoms with E-state index in [0.29, 0.717) is 6.54 Å². The summed E-state index contributed by atoms with van der Waals surface area (Å²) in [5.74, 6) is 0.231. The summed E-state index contributed by atoms with van der Waals surface area (Å²) in [5.41, 5.74) is 7.61. The van der Waals surface area contributed by atoms with E-state index in [2.05, 4.69) is 65.9 Å². The third-order valence-electron chi connectivity index (χ3n) is 7.72. The Morgan fingerprint density at radius 3 is 2.58 bits per heavy atom. The molecule has 1 aliphatic carbocycles. The molecule has 2 aromatic carbocycles. The Kier molecular flexibility index (Phi) is 5.23. The van der Waals surface area contributed by atoms with Gasteiger partial charge in [-0.05, 0) is 61.8 Å². The highest BCUT2D eigenvalue weighted by atomic mass is 32.1. The topological polar surface area (TPSA) is 25.2 Å². The van der Waals surface area contributed by atoms with Gasteiger partial charge in [-0.25, -0.2) is 0 Å². The van der Waals surface area contributed by atoms with Crippen LogP contribution in [0, 0.1) is 6.92 Å². The van der Waals surface area contributed by atoms with Crippen molar-refractivity contribution in [2.24, 2.45) is 7.05 Å². The molecule has 4 heteroatoms. The summed E-state index contributed by atoms with van der Waals surface area (Å²) in [7, 11) is 2.06. The van der Waals surface area contributed by atoms with Crippen LogP contribution < -0.4 is 0 Å². The average molecular weight is 455 g/mol. The number of aryl methyl sites for hydroxylation is 2. The monoisotopic (exact) mass is 454 g/mol. The number of aromatic nitrogens is 1. The molecule has 0 spiro atoms. The number of Topliss-reactive ketones (excluding diaryl/α,β-unsaturated/α-hetero) is 1. The molecule has 1 aliphatic heterocycles. The molecule has 0 unspecified atom stereocenters. The normalized spacial score (nSPS) is 18.3. The Balaban J connectivity index is 1.40. The van der Waals surface area contributed by atoms with Crippen molar-refractivity contribution in [1.82, 2.24) is 9.47 Å². The fourth-order valence-corrected chi connectivity index (χ4v) is 7.61. The van der Waals surface area contributed by atoms with Crippen LogP contribution in [0.15, 0.2) is 54.6 Å². The van der Waals surface area contributed by atoms with Gasteiger partial charge in [0.1, 0.15) is 0 Å². The first-order valence-corrected chi connectivity index (χ1v) is 12.9. The first-order chi connectivity index (χ1) is 16.1. The second kappa shape index (κ2) is 8.27. The number of para-hydroxylation sites is 1. The molecule has 2 aliphatic rings. The number of nitrogens with zero attached hydrogens (tertiary/aromatic N) is 2. The highest BCUT2D eigenvalue weighted by Crippen LogP contribution is 2.45. The number of ketones is 1. The fourth-order valence-electron chi connectivity index (χ4n) is 6.00. The second-order valence-electron chi connectivity index (χ2n) is 9.55. The molecule has 168 valence electrons. The van der Waals surface area contributed by atoms with Crippen LogP contribution in [0.1, 0.15) is 61.4 Å². The molecule has 2 aromatic heterocycles. The van der Waals surface area contributed by atoms with Crippen LogP contribution in [0.3, 0.4) is 0 Å². The van der Waals surface area contributed by atoms with E-state index in [-0.39, 0.29) is 11.8 Å². The Morgan fingerprint density at radius 1 is 0.970 bits per heavy atom. The molecule has 0 radical (unpaired) electrons. The number of hydrogen-bond acceptors (Lipinski definition) is 3. The molecule has 1 atom stereocenters. The summed E-state index contributed by atoms with van der Waals surface area (Å²) in [5, 5.41) is 1.07. The lowest BCUT2D eigenvalue weighted by molar-refractivity contribution is 0.0903. The minimum Gasteiger partial charge on any atom is -0.347 e. The van der Waals surface area contributed by atoms with Crippen LogP contribution in [0.25, 0.3) is 10.9 Å². The van der Waals surface area contributed by atoms with Gasteiger partial charge in [0.25, 0.3) is 0 Å². The number of carbonyl (C=O) groups excluding carboxylic acids is 1. The largest absolute Gasteiger partial charge is 0.347 e. The fraction of sp³-hybridized carbons (Fsp3) is 0.345. The lowest BCUT2D eigenvalue weighted by Gasteiger charge is -2.36. The van der Waals surface area contributed by atoms with Crippen molar-refractivity contribution in [2.75, 3.05) is 13.1 Å². The lowest BCUT2D eigenvalue weighted by Crippen LogP contribution is -2.39. The number of fused-ring (bicyclic) bond motifs is 4. The van der Waals surface area contributed by atoms with Gasteiger partial charge < -0.3 is 4.57 Å². The maximum absolute atomic E-state index is 13.8. The van der Waals surface area contributed by atoms with Crippen LogP contribution in [-0.2, 0) is 26.3 Å². The lowest BCUT2D eigenvalue weighted by atomic mass is 9.88. The molecule has 33 heavy (non-hydrogen) atoms. The van der Waals surface area contributed by atoms with Gasteiger partial charge in [0.05, 0.1) is 12.6 Å². The third-order valence-corrected chi connectivity index (χ3v) is 9.10. The van der Waals surface area contributed by atoms with Crippen molar-refractivity contribution in [3.8, 4) is 0 Å². The zero-order valence-electron chi connectivity index (χ0n) is 19.4. The number of benzene rings is 2. The van der Waals surface area contributed by atoms with Crippen molar-refractivity contribution in [3.63, 3.8) is 0 Å². The van der Waals surface area contributed by atoms with E-state index in [9.17, 15) is 4.79 Å². The number of carbonyl (C=O) groups is 1. The molecule has 3 heterocycles. The van der Waals surface area contributed by atoms with Crippen LogP contribution in [0.2, 0.25) is 0 Å². The van der Waals surface area contributed by atoms with Crippen molar-refractivity contribution >= 4 is 28.0 Å². The SMILES string of the molecule is Cc1c(C(=O)CN2CCc3c(sc4c3CCCC4)[C@H]2c2ccccc2)c2ccccc2n1C.